The molecule has 0 bridgehead atoms. The lowest BCUT2D eigenvalue weighted by molar-refractivity contribution is -0.127. The first-order valence-electron chi connectivity index (χ1n) is 7.96. The fourth-order valence-electron chi connectivity index (χ4n) is 2.61. The van der Waals surface area contributed by atoms with E-state index in [9.17, 15) is 14.0 Å². The minimum Gasteiger partial charge on any atom is -0.467 e. The summed E-state index contributed by atoms with van der Waals surface area (Å²) in [6.45, 7) is 0.808. The van der Waals surface area contributed by atoms with Crippen LogP contribution in [-0.2, 0) is 22.6 Å². The number of amides is 2. The standard InChI is InChI=1S/C18H19FN2O3/c19-13-5-3-12(4-6-13)7-8-20-17(22)15-10-16(15)18(23)21-11-14-2-1-9-24-14/h1-6,9,15-16H,7-8,10-11H2,(H,20,22)(H,21,23). The number of carbonyl (C=O) groups is 2. The summed E-state index contributed by atoms with van der Waals surface area (Å²) < 4.78 is 18.0. The number of hydrogen-bond donors (Lipinski definition) is 2. The third kappa shape index (κ3) is 4.22. The maximum atomic E-state index is 12.8. The van der Waals surface area contributed by atoms with Gasteiger partial charge in [0.15, 0.2) is 0 Å². The fourth-order valence-corrected chi connectivity index (χ4v) is 2.61. The zero-order valence-electron chi connectivity index (χ0n) is 13.1. The van der Waals surface area contributed by atoms with Gasteiger partial charge in [0.2, 0.25) is 11.8 Å². The molecule has 1 aliphatic carbocycles. The van der Waals surface area contributed by atoms with Crippen LogP contribution in [0.15, 0.2) is 47.1 Å². The van der Waals surface area contributed by atoms with Gasteiger partial charge in [0.25, 0.3) is 0 Å². The van der Waals surface area contributed by atoms with Crippen molar-refractivity contribution >= 4 is 11.8 Å². The van der Waals surface area contributed by atoms with Crippen molar-refractivity contribution in [1.29, 1.82) is 0 Å². The van der Waals surface area contributed by atoms with Crippen LogP contribution in [0.4, 0.5) is 4.39 Å². The highest BCUT2D eigenvalue weighted by Gasteiger charge is 2.47. The van der Waals surface area contributed by atoms with Crippen molar-refractivity contribution in [3.05, 3.63) is 59.8 Å². The van der Waals surface area contributed by atoms with Crippen LogP contribution in [0.5, 0.6) is 0 Å². The van der Waals surface area contributed by atoms with E-state index >= 15 is 0 Å². The first-order chi connectivity index (χ1) is 11.6. The number of nitrogens with one attached hydrogen (secondary N) is 2. The topological polar surface area (TPSA) is 71.3 Å². The minimum absolute atomic E-state index is 0.102. The summed E-state index contributed by atoms with van der Waals surface area (Å²) in [5, 5.41) is 5.60. The molecule has 1 aromatic carbocycles. The molecule has 6 heteroatoms. The van der Waals surface area contributed by atoms with Crippen LogP contribution >= 0.6 is 0 Å². The molecule has 0 radical (unpaired) electrons. The smallest absolute Gasteiger partial charge is 0.224 e. The molecule has 2 atom stereocenters. The largest absolute Gasteiger partial charge is 0.467 e. The lowest BCUT2D eigenvalue weighted by Gasteiger charge is -2.06. The average molecular weight is 330 g/mol. The zero-order valence-corrected chi connectivity index (χ0v) is 13.1. The van der Waals surface area contributed by atoms with Gasteiger partial charge in [-0.2, -0.15) is 0 Å². The van der Waals surface area contributed by atoms with Crippen LogP contribution in [0, 0.1) is 17.7 Å². The minimum atomic E-state index is -0.274. The lowest BCUT2D eigenvalue weighted by Crippen LogP contribution is -2.31. The summed E-state index contributed by atoms with van der Waals surface area (Å²) >= 11 is 0. The van der Waals surface area contributed by atoms with Crippen molar-refractivity contribution in [1.82, 2.24) is 10.6 Å². The highest BCUT2D eigenvalue weighted by molar-refractivity contribution is 5.92. The van der Waals surface area contributed by atoms with Gasteiger partial charge in [0.1, 0.15) is 11.6 Å². The highest BCUT2D eigenvalue weighted by atomic mass is 19.1. The molecule has 2 amide bonds. The summed E-state index contributed by atoms with van der Waals surface area (Å²) in [5.41, 5.74) is 0.959. The molecule has 0 saturated heterocycles. The van der Waals surface area contributed by atoms with Gasteiger partial charge in [-0.05, 0) is 42.7 Å². The number of hydrogen-bond acceptors (Lipinski definition) is 3. The molecular formula is C18H19FN2O3. The van der Waals surface area contributed by atoms with Crippen LogP contribution in [0.1, 0.15) is 17.7 Å². The van der Waals surface area contributed by atoms with Crippen molar-refractivity contribution in [3.63, 3.8) is 0 Å². The van der Waals surface area contributed by atoms with Gasteiger partial charge in [0.05, 0.1) is 24.6 Å². The number of carbonyl (C=O) groups excluding carboxylic acids is 2. The predicted molar refractivity (Wildman–Crippen MR) is 85.3 cm³/mol. The fraction of sp³-hybridized carbons (Fsp3) is 0.333. The Labute approximate surface area is 139 Å². The average Bonchev–Trinajstić information content (AvgIpc) is 3.22. The molecule has 2 N–H and O–H groups in total. The van der Waals surface area contributed by atoms with Crippen LogP contribution < -0.4 is 10.6 Å². The molecule has 1 aromatic heterocycles. The van der Waals surface area contributed by atoms with Crippen LogP contribution in [0.25, 0.3) is 0 Å². The molecule has 3 rings (SSSR count). The Balaban J connectivity index is 1.36. The van der Waals surface area contributed by atoms with Gasteiger partial charge in [-0.15, -0.1) is 0 Å². The van der Waals surface area contributed by atoms with Crippen LogP contribution in [-0.4, -0.2) is 18.4 Å². The van der Waals surface area contributed by atoms with Gasteiger partial charge < -0.3 is 15.1 Å². The Morgan fingerprint density at radius 3 is 2.46 bits per heavy atom. The van der Waals surface area contributed by atoms with Crippen molar-refractivity contribution in [3.8, 4) is 0 Å². The van der Waals surface area contributed by atoms with E-state index in [1.165, 1.54) is 12.1 Å². The summed E-state index contributed by atoms with van der Waals surface area (Å²) in [4.78, 5) is 24.0. The van der Waals surface area contributed by atoms with Gasteiger partial charge >= 0.3 is 0 Å². The second-order valence-corrected chi connectivity index (χ2v) is 5.91. The van der Waals surface area contributed by atoms with Crippen LogP contribution in [0.3, 0.4) is 0 Å². The molecule has 1 heterocycles. The van der Waals surface area contributed by atoms with Gasteiger partial charge in [-0.1, -0.05) is 12.1 Å². The molecule has 2 aromatic rings. The SMILES string of the molecule is O=C(NCCc1ccc(F)cc1)C1CC1C(=O)NCc1ccco1. The molecule has 24 heavy (non-hydrogen) atoms. The Morgan fingerprint density at radius 1 is 1.08 bits per heavy atom. The van der Waals surface area contributed by atoms with E-state index in [0.29, 0.717) is 31.7 Å². The number of halogens is 1. The van der Waals surface area contributed by atoms with Gasteiger partial charge in [0, 0.05) is 6.54 Å². The first kappa shape index (κ1) is 16.2. The van der Waals surface area contributed by atoms with Crippen molar-refractivity contribution in [2.24, 2.45) is 11.8 Å². The maximum Gasteiger partial charge on any atom is 0.224 e. The van der Waals surface area contributed by atoms with Gasteiger partial charge in [-0.3, -0.25) is 9.59 Å². The van der Waals surface area contributed by atoms with Crippen LogP contribution in [0.2, 0.25) is 0 Å². The number of rotatable bonds is 7. The van der Waals surface area contributed by atoms with E-state index in [1.807, 2.05) is 0 Å². The lowest BCUT2D eigenvalue weighted by atomic mass is 10.1. The molecule has 5 nitrogen and oxygen atoms in total. The Morgan fingerprint density at radius 2 is 1.79 bits per heavy atom. The normalized spacial score (nSPS) is 18.9. The van der Waals surface area contributed by atoms with Crippen molar-refractivity contribution in [2.45, 2.75) is 19.4 Å². The summed E-state index contributed by atoms with van der Waals surface area (Å²) in [5.74, 6) is -0.325. The molecule has 0 aliphatic heterocycles. The van der Waals surface area contributed by atoms with E-state index < -0.39 is 0 Å². The zero-order chi connectivity index (χ0) is 16.9. The highest BCUT2D eigenvalue weighted by Crippen LogP contribution is 2.38. The monoisotopic (exact) mass is 330 g/mol. The van der Waals surface area contributed by atoms with E-state index in [1.54, 1.807) is 30.5 Å². The molecule has 126 valence electrons. The summed E-state index contributed by atoms with van der Waals surface area (Å²) in [6.07, 6.45) is 2.76. The molecular weight excluding hydrogens is 311 g/mol. The number of benzene rings is 1. The second-order valence-electron chi connectivity index (χ2n) is 5.91. The van der Waals surface area contributed by atoms with Crippen molar-refractivity contribution < 1.29 is 18.4 Å². The predicted octanol–water partition coefficient (Wildman–Crippen LogP) is 2.03. The Kier molecular flexibility index (Phi) is 4.93. The van der Waals surface area contributed by atoms with Crippen molar-refractivity contribution in [2.75, 3.05) is 6.54 Å². The third-order valence-corrected chi connectivity index (χ3v) is 4.11. The van der Waals surface area contributed by atoms with E-state index in [0.717, 1.165) is 5.56 Å². The Bertz CT molecular complexity index is 698. The van der Waals surface area contributed by atoms with E-state index in [-0.39, 0.29) is 29.5 Å². The van der Waals surface area contributed by atoms with E-state index in [2.05, 4.69) is 10.6 Å². The molecule has 1 saturated carbocycles. The summed E-state index contributed by atoms with van der Waals surface area (Å²) in [6, 6.07) is 9.74. The van der Waals surface area contributed by atoms with E-state index in [4.69, 9.17) is 4.42 Å². The molecule has 1 fully saturated rings. The molecule has 0 spiro atoms. The maximum absolute atomic E-state index is 12.8. The first-order valence-corrected chi connectivity index (χ1v) is 7.96. The number of furan rings is 1. The van der Waals surface area contributed by atoms with Gasteiger partial charge in [-0.25, -0.2) is 4.39 Å². The molecule has 2 unspecified atom stereocenters. The Hall–Kier alpha value is -2.63. The second kappa shape index (κ2) is 7.29. The third-order valence-electron chi connectivity index (χ3n) is 4.11. The molecule has 1 aliphatic rings. The summed E-state index contributed by atoms with van der Waals surface area (Å²) in [7, 11) is 0. The quantitative estimate of drug-likeness (QED) is 0.816.